The number of fused-ring (bicyclic) bond motifs is 1. The van der Waals surface area contributed by atoms with Crippen LogP contribution in [0.1, 0.15) is 16.1 Å². The van der Waals surface area contributed by atoms with Crippen LogP contribution >= 0.6 is 0 Å². The number of benzene rings is 1. The fourth-order valence-electron chi connectivity index (χ4n) is 2.33. The summed E-state index contributed by atoms with van der Waals surface area (Å²) in [6.45, 7) is 0.537. The van der Waals surface area contributed by atoms with Gasteiger partial charge < -0.3 is 15.5 Å². The molecular formula is C15H16N4O2. The Morgan fingerprint density at radius 3 is 3.00 bits per heavy atom. The topological polar surface area (TPSA) is 85.9 Å². The predicted molar refractivity (Wildman–Crippen MR) is 79.2 cm³/mol. The van der Waals surface area contributed by atoms with Gasteiger partial charge >= 0.3 is 5.97 Å². The highest BCUT2D eigenvalue weighted by atomic mass is 16.5. The number of rotatable bonds is 4. The third kappa shape index (κ3) is 2.53. The van der Waals surface area contributed by atoms with Gasteiger partial charge in [-0.2, -0.15) is 5.10 Å². The number of hydrogen-bond donors (Lipinski definition) is 2. The van der Waals surface area contributed by atoms with Crippen molar-refractivity contribution < 1.29 is 9.53 Å². The molecule has 108 valence electrons. The largest absolute Gasteiger partial charge is 0.421 e. The summed E-state index contributed by atoms with van der Waals surface area (Å²) >= 11 is 0. The van der Waals surface area contributed by atoms with Crippen LogP contribution in [0.15, 0.2) is 36.7 Å². The highest BCUT2D eigenvalue weighted by Crippen LogP contribution is 2.29. The SMILES string of the molecule is Cn1ccc(C(=O)Oc2cccc3[nH]cc(CCN)c23)n1. The molecule has 0 saturated carbocycles. The Hall–Kier alpha value is -2.60. The Morgan fingerprint density at radius 2 is 2.29 bits per heavy atom. The first-order valence-electron chi connectivity index (χ1n) is 6.70. The van der Waals surface area contributed by atoms with E-state index in [9.17, 15) is 4.79 Å². The van der Waals surface area contributed by atoms with E-state index in [1.165, 1.54) is 0 Å². The van der Waals surface area contributed by atoms with Crippen LogP contribution in [0, 0.1) is 0 Å². The molecule has 6 nitrogen and oxygen atoms in total. The second-order valence-electron chi connectivity index (χ2n) is 4.80. The number of ether oxygens (including phenoxy) is 1. The van der Waals surface area contributed by atoms with Gasteiger partial charge in [0.15, 0.2) is 5.69 Å². The molecule has 2 heterocycles. The quantitative estimate of drug-likeness (QED) is 0.563. The highest BCUT2D eigenvalue weighted by molar-refractivity contribution is 5.95. The molecule has 0 unspecified atom stereocenters. The van der Waals surface area contributed by atoms with Gasteiger partial charge in [-0.15, -0.1) is 0 Å². The zero-order valence-corrected chi connectivity index (χ0v) is 11.7. The molecule has 0 atom stereocenters. The van der Waals surface area contributed by atoms with Gasteiger partial charge in [-0.05, 0) is 36.7 Å². The van der Waals surface area contributed by atoms with E-state index < -0.39 is 5.97 Å². The van der Waals surface area contributed by atoms with E-state index in [0.717, 1.165) is 22.9 Å². The first-order chi connectivity index (χ1) is 10.2. The van der Waals surface area contributed by atoms with Crippen molar-refractivity contribution in [3.8, 4) is 5.75 Å². The van der Waals surface area contributed by atoms with Crippen LogP contribution < -0.4 is 10.5 Å². The Balaban J connectivity index is 1.96. The summed E-state index contributed by atoms with van der Waals surface area (Å²) < 4.78 is 7.06. The number of esters is 1. The number of nitrogens with two attached hydrogens (primary N) is 1. The fourth-order valence-corrected chi connectivity index (χ4v) is 2.33. The zero-order chi connectivity index (χ0) is 14.8. The van der Waals surface area contributed by atoms with Crippen molar-refractivity contribution >= 4 is 16.9 Å². The third-order valence-electron chi connectivity index (χ3n) is 3.29. The van der Waals surface area contributed by atoms with Gasteiger partial charge in [0.1, 0.15) is 5.75 Å². The van der Waals surface area contributed by atoms with Crippen molar-refractivity contribution in [2.45, 2.75) is 6.42 Å². The van der Waals surface area contributed by atoms with Crippen molar-refractivity contribution in [3.63, 3.8) is 0 Å². The number of nitrogens with zero attached hydrogens (tertiary/aromatic N) is 2. The number of aryl methyl sites for hydroxylation is 1. The maximum atomic E-state index is 12.1. The number of aromatic nitrogens is 3. The van der Waals surface area contributed by atoms with E-state index in [0.29, 0.717) is 12.3 Å². The third-order valence-corrected chi connectivity index (χ3v) is 3.29. The van der Waals surface area contributed by atoms with Crippen LogP contribution in [0.25, 0.3) is 10.9 Å². The summed E-state index contributed by atoms with van der Waals surface area (Å²) in [6.07, 6.45) is 4.32. The number of carbonyl (C=O) groups is 1. The van der Waals surface area contributed by atoms with Gasteiger partial charge in [0.25, 0.3) is 0 Å². The molecule has 2 aromatic heterocycles. The molecule has 0 radical (unpaired) electrons. The van der Waals surface area contributed by atoms with E-state index in [-0.39, 0.29) is 5.69 Å². The molecule has 0 aliphatic carbocycles. The van der Waals surface area contributed by atoms with Crippen LogP contribution in [-0.4, -0.2) is 27.3 Å². The minimum atomic E-state index is -0.469. The van der Waals surface area contributed by atoms with Crippen molar-refractivity contribution in [3.05, 3.63) is 47.9 Å². The summed E-state index contributed by atoms with van der Waals surface area (Å²) in [6, 6.07) is 7.18. The standard InChI is InChI=1S/C15H16N4O2/c1-19-8-6-12(18-19)15(20)21-13-4-2-3-11-14(13)10(5-7-16)9-17-11/h2-4,6,8-9,17H,5,7,16H2,1H3. The molecule has 0 fully saturated rings. The number of carbonyl (C=O) groups excluding carboxylic acids is 1. The molecule has 21 heavy (non-hydrogen) atoms. The van der Waals surface area contributed by atoms with Crippen LogP contribution in [0.5, 0.6) is 5.75 Å². The summed E-state index contributed by atoms with van der Waals surface area (Å²) in [5, 5.41) is 4.94. The summed E-state index contributed by atoms with van der Waals surface area (Å²) in [5.41, 5.74) is 7.86. The van der Waals surface area contributed by atoms with Gasteiger partial charge in [0.2, 0.25) is 0 Å². The van der Waals surface area contributed by atoms with Crippen LogP contribution in [0.2, 0.25) is 0 Å². The average molecular weight is 284 g/mol. The second kappa shape index (κ2) is 5.41. The van der Waals surface area contributed by atoms with Gasteiger partial charge in [-0.1, -0.05) is 6.07 Å². The molecular weight excluding hydrogens is 268 g/mol. The van der Waals surface area contributed by atoms with Gasteiger partial charge in [-0.3, -0.25) is 4.68 Å². The molecule has 0 saturated heterocycles. The molecule has 1 aromatic carbocycles. The summed E-state index contributed by atoms with van der Waals surface area (Å²) in [5.74, 6) is 0.0517. The molecule has 6 heteroatoms. The Bertz CT molecular complexity index is 788. The summed E-state index contributed by atoms with van der Waals surface area (Å²) in [4.78, 5) is 15.3. The number of aromatic amines is 1. The lowest BCUT2D eigenvalue weighted by Gasteiger charge is -2.06. The van der Waals surface area contributed by atoms with Crippen LogP contribution in [0.4, 0.5) is 0 Å². The Kier molecular flexibility index (Phi) is 3.45. The lowest BCUT2D eigenvalue weighted by molar-refractivity contribution is 0.0730. The Labute approximate surface area is 121 Å². The molecule has 0 spiro atoms. The molecule has 0 amide bonds. The van der Waals surface area contributed by atoms with E-state index >= 15 is 0 Å². The number of H-pyrrole nitrogens is 1. The average Bonchev–Trinajstić information content (AvgIpc) is 3.07. The van der Waals surface area contributed by atoms with Crippen molar-refractivity contribution in [2.24, 2.45) is 12.8 Å². The van der Waals surface area contributed by atoms with Crippen LogP contribution in [-0.2, 0) is 13.5 Å². The normalized spacial score (nSPS) is 11.0. The summed E-state index contributed by atoms with van der Waals surface area (Å²) in [7, 11) is 1.75. The molecule has 3 N–H and O–H groups in total. The van der Waals surface area contributed by atoms with Gasteiger partial charge in [0, 0.05) is 30.3 Å². The number of nitrogens with one attached hydrogen (secondary N) is 1. The van der Waals surface area contributed by atoms with Crippen molar-refractivity contribution in [1.29, 1.82) is 0 Å². The van der Waals surface area contributed by atoms with E-state index in [1.807, 2.05) is 18.3 Å². The van der Waals surface area contributed by atoms with E-state index in [4.69, 9.17) is 10.5 Å². The molecule has 3 rings (SSSR count). The maximum Gasteiger partial charge on any atom is 0.364 e. The van der Waals surface area contributed by atoms with Crippen molar-refractivity contribution in [2.75, 3.05) is 6.54 Å². The van der Waals surface area contributed by atoms with Crippen molar-refractivity contribution in [1.82, 2.24) is 14.8 Å². The van der Waals surface area contributed by atoms with Crippen LogP contribution in [0.3, 0.4) is 0 Å². The van der Waals surface area contributed by atoms with E-state index in [1.54, 1.807) is 30.1 Å². The molecule has 0 aliphatic rings. The minimum Gasteiger partial charge on any atom is -0.421 e. The predicted octanol–water partition coefficient (Wildman–Crippen LogP) is 1.62. The van der Waals surface area contributed by atoms with Gasteiger partial charge in [-0.25, -0.2) is 4.79 Å². The van der Waals surface area contributed by atoms with E-state index in [2.05, 4.69) is 10.1 Å². The maximum absolute atomic E-state index is 12.1. The fraction of sp³-hybridized carbons (Fsp3) is 0.200. The molecule has 0 bridgehead atoms. The highest BCUT2D eigenvalue weighted by Gasteiger charge is 2.15. The lowest BCUT2D eigenvalue weighted by atomic mass is 10.1. The second-order valence-corrected chi connectivity index (χ2v) is 4.80. The first-order valence-corrected chi connectivity index (χ1v) is 6.70. The lowest BCUT2D eigenvalue weighted by Crippen LogP contribution is -2.10. The molecule has 0 aliphatic heterocycles. The zero-order valence-electron chi connectivity index (χ0n) is 11.7. The smallest absolute Gasteiger partial charge is 0.364 e. The Morgan fingerprint density at radius 1 is 1.43 bits per heavy atom. The first kappa shape index (κ1) is 13.4. The molecule has 3 aromatic rings. The monoisotopic (exact) mass is 284 g/mol. The van der Waals surface area contributed by atoms with Gasteiger partial charge in [0.05, 0.1) is 0 Å². The minimum absolute atomic E-state index is 0.283. The number of hydrogen-bond acceptors (Lipinski definition) is 4.